The molecule has 5 aliphatic rings. The number of carbonyl (C=O) groups excluding carboxylic acids is 1. The van der Waals surface area contributed by atoms with E-state index in [1.165, 1.54) is 38.5 Å². The Labute approximate surface area is 133 Å². The Hall–Kier alpha value is -0.240. The minimum atomic E-state index is 0.152. The maximum absolute atomic E-state index is 12.8. The molecule has 2 nitrogen and oxygen atoms in total. The van der Waals surface area contributed by atoms with Crippen LogP contribution in [0.1, 0.15) is 58.3 Å². The molecule has 0 radical (unpaired) electrons. The van der Waals surface area contributed by atoms with Crippen molar-refractivity contribution in [1.82, 2.24) is 4.90 Å². The molecular weight excluding hydrogens is 282 g/mol. The molecule has 4 bridgehead atoms. The van der Waals surface area contributed by atoms with Gasteiger partial charge in [0.05, 0.1) is 5.38 Å². The van der Waals surface area contributed by atoms with Crippen molar-refractivity contribution in [2.45, 2.75) is 63.7 Å². The number of rotatable bonds is 2. The lowest BCUT2D eigenvalue weighted by atomic mass is 9.49. The van der Waals surface area contributed by atoms with Crippen molar-refractivity contribution >= 4 is 17.5 Å². The molecule has 1 aliphatic heterocycles. The summed E-state index contributed by atoms with van der Waals surface area (Å²) in [5.74, 6) is 3.76. The van der Waals surface area contributed by atoms with Gasteiger partial charge in [0.25, 0.3) is 0 Å². The van der Waals surface area contributed by atoms with Crippen LogP contribution in [0, 0.1) is 29.1 Å². The zero-order chi connectivity index (χ0) is 14.6. The maximum Gasteiger partial charge on any atom is 0.223 e. The molecule has 0 aromatic rings. The van der Waals surface area contributed by atoms with Gasteiger partial charge < -0.3 is 4.90 Å². The molecule has 0 spiro atoms. The standard InChI is InChI=1S/C18H28ClNO/c1-12-2-3-20(11-16(12)19)17(21)10-18-7-13-4-14(8-18)6-15(5-13)9-18/h12-16H,2-11H2,1H3. The quantitative estimate of drug-likeness (QED) is 0.704. The lowest BCUT2D eigenvalue weighted by Crippen LogP contribution is -2.50. The summed E-state index contributed by atoms with van der Waals surface area (Å²) in [5, 5.41) is 0.152. The molecular formula is C18H28ClNO. The summed E-state index contributed by atoms with van der Waals surface area (Å²) in [7, 11) is 0. The summed E-state index contributed by atoms with van der Waals surface area (Å²) in [6.45, 7) is 3.90. The van der Waals surface area contributed by atoms with Crippen LogP contribution >= 0.6 is 11.6 Å². The molecule has 0 N–H and O–H groups in total. The number of piperidine rings is 1. The lowest BCUT2D eigenvalue weighted by molar-refractivity contribution is -0.140. The molecule has 0 aromatic heterocycles. The fourth-order valence-corrected chi connectivity index (χ4v) is 6.48. The molecule has 4 saturated carbocycles. The molecule has 1 heterocycles. The van der Waals surface area contributed by atoms with Crippen molar-refractivity contribution in [3.05, 3.63) is 0 Å². The number of alkyl halides is 1. The summed E-state index contributed by atoms with van der Waals surface area (Å²) in [5.41, 5.74) is 0.372. The molecule has 1 amide bonds. The van der Waals surface area contributed by atoms with E-state index in [2.05, 4.69) is 11.8 Å². The zero-order valence-corrected chi connectivity index (χ0v) is 13.9. The first-order valence-corrected chi connectivity index (χ1v) is 9.38. The third-order valence-electron chi connectivity index (χ3n) is 6.91. The third-order valence-corrected chi connectivity index (χ3v) is 7.48. The van der Waals surface area contributed by atoms with E-state index < -0.39 is 0 Å². The van der Waals surface area contributed by atoms with Crippen LogP contribution in [0.2, 0.25) is 0 Å². The predicted octanol–water partition coefficient (Wildman–Crippen LogP) is 4.07. The summed E-state index contributed by atoms with van der Waals surface area (Å²) in [6, 6.07) is 0. The summed E-state index contributed by atoms with van der Waals surface area (Å²) in [4.78, 5) is 14.9. The Balaban J connectivity index is 1.42. The van der Waals surface area contributed by atoms with Gasteiger partial charge in [0, 0.05) is 19.5 Å². The van der Waals surface area contributed by atoms with Gasteiger partial charge in [-0.25, -0.2) is 0 Å². The van der Waals surface area contributed by atoms with Crippen molar-refractivity contribution in [1.29, 1.82) is 0 Å². The molecule has 1 saturated heterocycles. The predicted molar refractivity (Wildman–Crippen MR) is 85.2 cm³/mol. The van der Waals surface area contributed by atoms with Crippen LogP contribution in [-0.2, 0) is 4.79 Å². The first kappa shape index (κ1) is 14.4. The van der Waals surface area contributed by atoms with Crippen LogP contribution in [0.25, 0.3) is 0 Å². The van der Waals surface area contributed by atoms with Gasteiger partial charge in [-0.3, -0.25) is 4.79 Å². The van der Waals surface area contributed by atoms with Crippen molar-refractivity contribution in [2.24, 2.45) is 29.1 Å². The Morgan fingerprint density at radius 1 is 1.14 bits per heavy atom. The summed E-state index contributed by atoms with van der Waals surface area (Å²) < 4.78 is 0. The van der Waals surface area contributed by atoms with Gasteiger partial charge in [0.1, 0.15) is 0 Å². The van der Waals surface area contributed by atoms with Gasteiger partial charge in [0.15, 0.2) is 0 Å². The van der Waals surface area contributed by atoms with E-state index in [0.29, 0.717) is 17.2 Å². The maximum atomic E-state index is 12.8. The fourth-order valence-electron chi connectivity index (χ4n) is 6.19. The van der Waals surface area contributed by atoms with E-state index in [1.54, 1.807) is 0 Å². The van der Waals surface area contributed by atoms with Gasteiger partial charge in [0.2, 0.25) is 5.91 Å². The SMILES string of the molecule is CC1CCN(C(=O)CC23CC4CC(CC(C4)C2)C3)CC1Cl. The molecule has 2 atom stereocenters. The van der Waals surface area contributed by atoms with E-state index >= 15 is 0 Å². The van der Waals surface area contributed by atoms with Crippen molar-refractivity contribution in [3.8, 4) is 0 Å². The van der Waals surface area contributed by atoms with Gasteiger partial charge in [-0.15, -0.1) is 11.6 Å². The monoisotopic (exact) mass is 309 g/mol. The molecule has 0 aromatic carbocycles. The first-order chi connectivity index (χ1) is 10.0. The Kier molecular flexibility index (Phi) is 3.52. The van der Waals surface area contributed by atoms with Crippen LogP contribution in [0.4, 0.5) is 0 Å². The second-order valence-corrected chi connectivity index (χ2v) is 9.28. The Bertz CT molecular complexity index is 400. The first-order valence-electron chi connectivity index (χ1n) is 8.95. The molecule has 3 heteroatoms. The molecule has 5 fully saturated rings. The number of nitrogens with zero attached hydrogens (tertiary/aromatic N) is 1. The number of amides is 1. The van der Waals surface area contributed by atoms with Crippen molar-refractivity contribution in [2.75, 3.05) is 13.1 Å². The number of hydrogen-bond donors (Lipinski definition) is 0. The van der Waals surface area contributed by atoms with Crippen molar-refractivity contribution in [3.63, 3.8) is 0 Å². The van der Waals surface area contributed by atoms with Crippen LogP contribution in [-0.4, -0.2) is 29.3 Å². The molecule has 21 heavy (non-hydrogen) atoms. The van der Waals surface area contributed by atoms with Crippen LogP contribution in [0.15, 0.2) is 0 Å². The van der Waals surface area contributed by atoms with Crippen LogP contribution < -0.4 is 0 Å². The number of halogens is 1. The molecule has 118 valence electrons. The third kappa shape index (κ3) is 2.62. The summed E-state index contributed by atoms with van der Waals surface area (Å²) in [6.07, 6.45) is 10.3. The van der Waals surface area contributed by atoms with Gasteiger partial charge in [-0.05, 0) is 74.0 Å². The number of carbonyl (C=O) groups is 1. The lowest BCUT2D eigenvalue weighted by Gasteiger charge is -2.57. The number of likely N-dealkylation sites (tertiary alicyclic amines) is 1. The second-order valence-electron chi connectivity index (χ2n) is 8.72. The smallest absolute Gasteiger partial charge is 0.223 e. The Morgan fingerprint density at radius 2 is 1.71 bits per heavy atom. The van der Waals surface area contributed by atoms with E-state index in [0.717, 1.165) is 43.7 Å². The fraction of sp³-hybridized carbons (Fsp3) is 0.944. The van der Waals surface area contributed by atoms with Crippen LogP contribution in [0.3, 0.4) is 0 Å². The highest BCUT2D eigenvalue weighted by molar-refractivity contribution is 6.21. The van der Waals surface area contributed by atoms with Crippen molar-refractivity contribution < 1.29 is 4.79 Å². The average Bonchev–Trinajstić information content (AvgIpc) is 2.39. The van der Waals surface area contributed by atoms with Gasteiger partial charge in [-0.1, -0.05) is 6.92 Å². The largest absolute Gasteiger partial charge is 0.341 e. The van der Waals surface area contributed by atoms with Gasteiger partial charge in [-0.2, -0.15) is 0 Å². The highest BCUT2D eigenvalue weighted by Crippen LogP contribution is 2.61. The minimum Gasteiger partial charge on any atom is -0.341 e. The molecule has 5 rings (SSSR count). The normalized spacial score (nSPS) is 48.7. The molecule has 2 unspecified atom stereocenters. The van der Waals surface area contributed by atoms with Gasteiger partial charge >= 0.3 is 0 Å². The molecule has 4 aliphatic carbocycles. The van der Waals surface area contributed by atoms with E-state index in [1.807, 2.05) is 0 Å². The minimum absolute atomic E-state index is 0.152. The topological polar surface area (TPSA) is 20.3 Å². The van der Waals surface area contributed by atoms with E-state index in [4.69, 9.17) is 11.6 Å². The highest BCUT2D eigenvalue weighted by atomic mass is 35.5. The highest BCUT2D eigenvalue weighted by Gasteiger charge is 2.51. The summed E-state index contributed by atoms with van der Waals surface area (Å²) >= 11 is 6.39. The second kappa shape index (κ2) is 5.15. The van der Waals surface area contributed by atoms with E-state index in [9.17, 15) is 4.79 Å². The number of hydrogen-bond acceptors (Lipinski definition) is 1. The van der Waals surface area contributed by atoms with Crippen LogP contribution in [0.5, 0.6) is 0 Å². The Morgan fingerprint density at radius 3 is 2.24 bits per heavy atom. The van der Waals surface area contributed by atoms with E-state index in [-0.39, 0.29) is 5.38 Å². The average molecular weight is 310 g/mol. The zero-order valence-electron chi connectivity index (χ0n) is 13.2.